The maximum Gasteiger partial charge on any atom is 0.356 e. The second kappa shape index (κ2) is 6.96. The zero-order chi connectivity index (χ0) is 18.0. The maximum atomic E-state index is 12.6. The summed E-state index contributed by atoms with van der Waals surface area (Å²) in [4.78, 5) is 25.8. The van der Waals surface area contributed by atoms with Crippen molar-refractivity contribution in [3.63, 3.8) is 0 Å². The standard InChI is InChI=1S/C18H22N4O3/c1-12-14(17(23)22-8-3-4-9-22)6-5-7-15(12)19-10-13-11-21(2)20-16(13)18(24)25/h5-7,11,19H,3-4,8-10H2,1-2H3,(H,24,25). The molecule has 25 heavy (non-hydrogen) atoms. The van der Waals surface area contributed by atoms with Gasteiger partial charge in [0.1, 0.15) is 0 Å². The van der Waals surface area contributed by atoms with E-state index in [0.29, 0.717) is 17.7 Å². The molecular weight excluding hydrogens is 320 g/mol. The Morgan fingerprint density at radius 1 is 1.28 bits per heavy atom. The number of aromatic nitrogens is 2. The summed E-state index contributed by atoms with van der Waals surface area (Å²) in [6.45, 7) is 3.87. The Balaban J connectivity index is 1.78. The Morgan fingerprint density at radius 2 is 2.00 bits per heavy atom. The molecule has 7 nitrogen and oxygen atoms in total. The van der Waals surface area contributed by atoms with Crippen LogP contribution >= 0.6 is 0 Å². The molecule has 1 amide bonds. The lowest BCUT2D eigenvalue weighted by Crippen LogP contribution is -2.28. The van der Waals surface area contributed by atoms with E-state index in [9.17, 15) is 14.7 Å². The highest BCUT2D eigenvalue weighted by molar-refractivity contribution is 5.97. The van der Waals surface area contributed by atoms with E-state index in [2.05, 4.69) is 10.4 Å². The zero-order valence-electron chi connectivity index (χ0n) is 14.5. The fourth-order valence-corrected chi connectivity index (χ4v) is 3.19. The average molecular weight is 342 g/mol. The number of carbonyl (C=O) groups excluding carboxylic acids is 1. The highest BCUT2D eigenvalue weighted by Crippen LogP contribution is 2.23. The molecule has 0 radical (unpaired) electrons. The molecule has 1 aliphatic rings. The summed E-state index contributed by atoms with van der Waals surface area (Å²) in [6.07, 6.45) is 3.80. The second-order valence-corrected chi connectivity index (χ2v) is 6.31. The van der Waals surface area contributed by atoms with E-state index >= 15 is 0 Å². The number of rotatable bonds is 5. The van der Waals surface area contributed by atoms with Crippen LogP contribution in [0.1, 0.15) is 44.8 Å². The number of aromatic carboxylic acids is 1. The Kier molecular flexibility index (Phi) is 4.74. The molecule has 0 saturated carbocycles. The van der Waals surface area contributed by atoms with Crippen molar-refractivity contribution in [3.8, 4) is 0 Å². The number of likely N-dealkylation sites (tertiary alicyclic amines) is 1. The molecule has 0 atom stereocenters. The Hall–Kier alpha value is -2.83. The number of nitrogens with one attached hydrogen (secondary N) is 1. The molecule has 7 heteroatoms. The highest BCUT2D eigenvalue weighted by atomic mass is 16.4. The van der Waals surface area contributed by atoms with Gasteiger partial charge in [0.05, 0.1) is 0 Å². The Bertz CT molecular complexity index is 807. The van der Waals surface area contributed by atoms with Gasteiger partial charge in [-0.1, -0.05) is 6.07 Å². The molecule has 0 unspecified atom stereocenters. The summed E-state index contributed by atoms with van der Waals surface area (Å²) in [5.41, 5.74) is 3.03. The molecule has 1 aromatic heterocycles. The van der Waals surface area contributed by atoms with Gasteiger partial charge in [-0.15, -0.1) is 0 Å². The minimum absolute atomic E-state index is 0.0388. The number of carbonyl (C=O) groups is 2. The number of amides is 1. The lowest BCUT2D eigenvalue weighted by molar-refractivity contribution is 0.0688. The van der Waals surface area contributed by atoms with E-state index < -0.39 is 5.97 Å². The number of hydrogen-bond donors (Lipinski definition) is 2. The predicted molar refractivity (Wildman–Crippen MR) is 93.8 cm³/mol. The van der Waals surface area contributed by atoms with Gasteiger partial charge in [-0.05, 0) is 37.5 Å². The van der Waals surface area contributed by atoms with Crippen LogP contribution in [0.2, 0.25) is 0 Å². The van der Waals surface area contributed by atoms with Gasteiger partial charge in [0.15, 0.2) is 5.69 Å². The predicted octanol–water partition coefficient (Wildman–Crippen LogP) is 2.27. The molecular formula is C18H22N4O3. The van der Waals surface area contributed by atoms with Crippen molar-refractivity contribution in [2.24, 2.45) is 7.05 Å². The van der Waals surface area contributed by atoms with Crippen LogP contribution in [-0.4, -0.2) is 44.8 Å². The number of benzene rings is 1. The summed E-state index contributed by atoms with van der Waals surface area (Å²) in [5, 5.41) is 16.4. The van der Waals surface area contributed by atoms with Crippen molar-refractivity contribution in [1.82, 2.24) is 14.7 Å². The van der Waals surface area contributed by atoms with Gasteiger partial charge in [0.2, 0.25) is 0 Å². The van der Waals surface area contributed by atoms with Crippen molar-refractivity contribution in [2.75, 3.05) is 18.4 Å². The van der Waals surface area contributed by atoms with Crippen molar-refractivity contribution in [1.29, 1.82) is 0 Å². The summed E-state index contributed by atoms with van der Waals surface area (Å²) in [7, 11) is 1.69. The molecule has 1 fully saturated rings. The molecule has 1 aliphatic heterocycles. The second-order valence-electron chi connectivity index (χ2n) is 6.31. The van der Waals surface area contributed by atoms with Crippen LogP contribution in [-0.2, 0) is 13.6 Å². The number of nitrogens with zero attached hydrogens (tertiary/aromatic N) is 3. The highest BCUT2D eigenvalue weighted by Gasteiger charge is 2.22. The van der Waals surface area contributed by atoms with E-state index in [4.69, 9.17) is 0 Å². The van der Waals surface area contributed by atoms with Crippen LogP contribution < -0.4 is 5.32 Å². The maximum absolute atomic E-state index is 12.6. The Labute approximate surface area is 146 Å². The number of carboxylic acids is 1. The third-order valence-corrected chi connectivity index (χ3v) is 4.53. The van der Waals surface area contributed by atoms with Crippen molar-refractivity contribution in [3.05, 3.63) is 46.8 Å². The minimum Gasteiger partial charge on any atom is -0.476 e. The molecule has 2 N–H and O–H groups in total. The van der Waals surface area contributed by atoms with Crippen LogP contribution in [0, 0.1) is 6.92 Å². The molecule has 0 aliphatic carbocycles. The first-order valence-corrected chi connectivity index (χ1v) is 8.36. The summed E-state index contributed by atoms with van der Waals surface area (Å²) < 4.78 is 1.49. The first-order chi connectivity index (χ1) is 12.0. The molecule has 0 spiro atoms. The van der Waals surface area contributed by atoms with E-state index in [-0.39, 0.29) is 11.6 Å². The van der Waals surface area contributed by atoms with Gasteiger partial charge in [0.25, 0.3) is 5.91 Å². The van der Waals surface area contributed by atoms with Crippen LogP contribution in [0.25, 0.3) is 0 Å². The van der Waals surface area contributed by atoms with Gasteiger partial charge in [-0.25, -0.2) is 4.79 Å². The van der Waals surface area contributed by atoms with Crippen LogP contribution in [0.5, 0.6) is 0 Å². The fraction of sp³-hybridized carbons (Fsp3) is 0.389. The number of aryl methyl sites for hydroxylation is 1. The van der Waals surface area contributed by atoms with Crippen LogP contribution in [0.15, 0.2) is 24.4 Å². The van der Waals surface area contributed by atoms with E-state index in [1.165, 1.54) is 4.68 Å². The minimum atomic E-state index is -1.05. The fourth-order valence-electron chi connectivity index (χ4n) is 3.19. The van der Waals surface area contributed by atoms with Crippen LogP contribution in [0.4, 0.5) is 5.69 Å². The molecule has 0 bridgehead atoms. The number of hydrogen-bond acceptors (Lipinski definition) is 4. The number of carboxylic acid groups (broad SMARTS) is 1. The molecule has 1 saturated heterocycles. The normalized spacial score (nSPS) is 13.9. The molecule has 132 valence electrons. The number of anilines is 1. The molecule has 2 heterocycles. The molecule has 1 aromatic carbocycles. The van der Waals surface area contributed by atoms with Gasteiger partial charge in [0, 0.05) is 49.7 Å². The zero-order valence-corrected chi connectivity index (χ0v) is 14.5. The third-order valence-electron chi connectivity index (χ3n) is 4.53. The first-order valence-electron chi connectivity index (χ1n) is 8.36. The smallest absolute Gasteiger partial charge is 0.356 e. The molecule has 2 aromatic rings. The van der Waals surface area contributed by atoms with Gasteiger partial charge in [-0.2, -0.15) is 5.10 Å². The summed E-state index contributed by atoms with van der Waals surface area (Å²) in [5.74, 6) is -0.988. The van der Waals surface area contributed by atoms with E-state index in [1.54, 1.807) is 13.2 Å². The monoisotopic (exact) mass is 342 g/mol. The molecule has 3 rings (SSSR count). The van der Waals surface area contributed by atoms with Crippen molar-refractivity contribution < 1.29 is 14.7 Å². The average Bonchev–Trinajstić information content (AvgIpc) is 3.23. The Morgan fingerprint density at radius 3 is 2.68 bits per heavy atom. The van der Waals surface area contributed by atoms with E-state index in [1.807, 2.05) is 30.0 Å². The third kappa shape index (κ3) is 3.50. The van der Waals surface area contributed by atoms with Crippen molar-refractivity contribution >= 4 is 17.6 Å². The van der Waals surface area contributed by atoms with Gasteiger partial charge < -0.3 is 15.3 Å². The van der Waals surface area contributed by atoms with Gasteiger partial charge >= 0.3 is 5.97 Å². The quantitative estimate of drug-likeness (QED) is 0.870. The van der Waals surface area contributed by atoms with E-state index in [0.717, 1.165) is 37.2 Å². The SMILES string of the molecule is Cc1c(NCc2cn(C)nc2C(=O)O)cccc1C(=O)N1CCCC1. The van der Waals surface area contributed by atoms with Crippen molar-refractivity contribution in [2.45, 2.75) is 26.3 Å². The first kappa shape index (κ1) is 17.0. The lowest BCUT2D eigenvalue weighted by Gasteiger charge is -2.18. The largest absolute Gasteiger partial charge is 0.476 e. The van der Waals surface area contributed by atoms with Gasteiger partial charge in [-0.3, -0.25) is 9.48 Å². The topological polar surface area (TPSA) is 87.5 Å². The summed E-state index contributed by atoms with van der Waals surface area (Å²) >= 11 is 0. The summed E-state index contributed by atoms with van der Waals surface area (Å²) in [6, 6.07) is 5.58. The lowest BCUT2D eigenvalue weighted by atomic mass is 10.1. The van der Waals surface area contributed by atoms with Crippen LogP contribution in [0.3, 0.4) is 0 Å².